The maximum absolute atomic E-state index is 12.9. The number of aromatic nitrogens is 2. The molecule has 1 aromatic carbocycles. The standard InChI is InChI=1S/C21H16ClN5O2/c22-16-9-13(1-2-18(16)28)19-14(10-23)20(24)26-17-5-8-27(11-15(17)19)21(29)12-3-6-25-7-4-12/h1-4,6-7,9,28H,5,8,11H2,(H2,24,26). The fraction of sp³-hybridized carbons (Fsp3) is 0.143. The summed E-state index contributed by atoms with van der Waals surface area (Å²) in [5, 5.41) is 19.6. The highest BCUT2D eigenvalue weighted by atomic mass is 35.5. The number of pyridine rings is 2. The Hall–Kier alpha value is -3.63. The molecule has 4 rings (SSSR count). The van der Waals surface area contributed by atoms with E-state index in [1.807, 2.05) is 0 Å². The zero-order chi connectivity index (χ0) is 20.5. The van der Waals surface area contributed by atoms with Crippen LogP contribution < -0.4 is 5.73 Å². The van der Waals surface area contributed by atoms with Gasteiger partial charge in [0.25, 0.3) is 5.91 Å². The van der Waals surface area contributed by atoms with Gasteiger partial charge in [0.1, 0.15) is 23.2 Å². The zero-order valence-electron chi connectivity index (χ0n) is 15.3. The fourth-order valence-corrected chi connectivity index (χ4v) is 3.71. The van der Waals surface area contributed by atoms with Crippen molar-refractivity contribution in [3.05, 3.63) is 70.1 Å². The minimum Gasteiger partial charge on any atom is -0.506 e. The van der Waals surface area contributed by atoms with Gasteiger partial charge in [0.2, 0.25) is 0 Å². The molecule has 3 heterocycles. The molecule has 7 nitrogen and oxygen atoms in total. The Morgan fingerprint density at radius 1 is 1.28 bits per heavy atom. The van der Waals surface area contributed by atoms with Crippen LogP contribution in [0, 0.1) is 11.3 Å². The minimum absolute atomic E-state index is 0.0562. The number of hydrogen-bond donors (Lipinski definition) is 2. The highest BCUT2D eigenvalue weighted by Gasteiger charge is 2.28. The molecule has 0 saturated carbocycles. The smallest absolute Gasteiger partial charge is 0.254 e. The summed E-state index contributed by atoms with van der Waals surface area (Å²) in [5.41, 5.74) is 9.54. The first-order valence-corrected chi connectivity index (χ1v) is 9.27. The number of nitrogens with zero attached hydrogens (tertiary/aromatic N) is 4. The molecule has 1 amide bonds. The van der Waals surface area contributed by atoms with Gasteiger partial charge in [-0.15, -0.1) is 0 Å². The lowest BCUT2D eigenvalue weighted by Crippen LogP contribution is -2.37. The van der Waals surface area contributed by atoms with E-state index < -0.39 is 0 Å². The van der Waals surface area contributed by atoms with Crippen molar-refractivity contribution in [1.82, 2.24) is 14.9 Å². The molecule has 29 heavy (non-hydrogen) atoms. The van der Waals surface area contributed by atoms with Crippen molar-refractivity contribution >= 4 is 23.3 Å². The fourth-order valence-electron chi connectivity index (χ4n) is 3.52. The van der Waals surface area contributed by atoms with Gasteiger partial charge in [0.15, 0.2) is 0 Å². The van der Waals surface area contributed by atoms with E-state index in [4.69, 9.17) is 17.3 Å². The molecule has 8 heteroatoms. The lowest BCUT2D eigenvalue weighted by molar-refractivity contribution is 0.0734. The average Bonchev–Trinajstić information content (AvgIpc) is 2.74. The number of amides is 1. The van der Waals surface area contributed by atoms with E-state index >= 15 is 0 Å². The summed E-state index contributed by atoms with van der Waals surface area (Å²) >= 11 is 6.09. The quantitative estimate of drug-likeness (QED) is 0.676. The van der Waals surface area contributed by atoms with Gasteiger partial charge >= 0.3 is 0 Å². The second-order valence-electron chi connectivity index (χ2n) is 6.66. The minimum atomic E-state index is -0.122. The zero-order valence-corrected chi connectivity index (χ0v) is 16.0. The van der Waals surface area contributed by atoms with E-state index in [2.05, 4.69) is 16.0 Å². The van der Waals surface area contributed by atoms with Crippen LogP contribution in [0.1, 0.15) is 27.2 Å². The first kappa shape index (κ1) is 18.7. The van der Waals surface area contributed by atoms with Crippen LogP contribution in [0.2, 0.25) is 5.02 Å². The van der Waals surface area contributed by atoms with Crippen LogP contribution in [0.15, 0.2) is 42.7 Å². The molecule has 0 bridgehead atoms. The second-order valence-corrected chi connectivity index (χ2v) is 7.07. The van der Waals surface area contributed by atoms with Crippen molar-refractivity contribution in [1.29, 1.82) is 5.26 Å². The molecule has 144 valence electrons. The van der Waals surface area contributed by atoms with E-state index in [0.717, 1.165) is 11.3 Å². The number of nitrogens with two attached hydrogens (primary N) is 1. The number of aromatic hydroxyl groups is 1. The largest absolute Gasteiger partial charge is 0.506 e. The second kappa shape index (κ2) is 7.41. The number of rotatable bonds is 2. The van der Waals surface area contributed by atoms with Crippen LogP contribution >= 0.6 is 11.6 Å². The normalized spacial score (nSPS) is 12.9. The van der Waals surface area contributed by atoms with Crippen LogP contribution in [-0.4, -0.2) is 32.4 Å². The molecule has 0 saturated heterocycles. The maximum Gasteiger partial charge on any atom is 0.254 e. The van der Waals surface area contributed by atoms with Crippen LogP contribution in [0.5, 0.6) is 5.75 Å². The summed E-state index contributed by atoms with van der Waals surface area (Å²) in [6, 6.07) is 10.2. The number of hydrogen-bond acceptors (Lipinski definition) is 6. The van der Waals surface area contributed by atoms with Gasteiger partial charge in [-0.05, 0) is 29.8 Å². The Balaban J connectivity index is 1.83. The molecule has 0 fully saturated rings. The molecular formula is C21H16ClN5O2. The third kappa shape index (κ3) is 3.35. The van der Waals surface area contributed by atoms with E-state index in [-0.39, 0.29) is 34.6 Å². The molecule has 1 aliphatic rings. The Bertz CT molecular complexity index is 1160. The van der Waals surface area contributed by atoms with Gasteiger partial charge in [-0.3, -0.25) is 9.78 Å². The number of phenolic OH excluding ortho intramolecular Hbond substituents is 1. The lowest BCUT2D eigenvalue weighted by atomic mass is 9.91. The van der Waals surface area contributed by atoms with E-state index in [9.17, 15) is 15.2 Å². The third-order valence-electron chi connectivity index (χ3n) is 4.94. The lowest BCUT2D eigenvalue weighted by Gasteiger charge is -2.30. The van der Waals surface area contributed by atoms with Crippen LogP contribution in [0.4, 0.5) is 5.82 Å². The van der Waals surface area contributed by atoms with Crippen molar-refractivity contribution in [2.75, 3.05) is 12.3 Å². The molecule has 3 N–H and O–H groups in total. The monoisotopic (exact) mass is 405 g/mol. The van der Waals surface area contributed by atoms with Crippen LogP contribution in [-0.2, 0) is 13.0 Å². The molecule has 2 aromatic heterocycles. The predicted molar refractivity (Wildman–Crippen MR) is 108 cm³/mol. The third-order valence-corrected chi connectivity index (χ3v) is 5.24. The van der Waals surface area contributed by atoms with E-state index in [1.165, 1.54) is 6.07 Å². The number of fused-ring (bicyclic) bond motifs is 1. The number of carbonyl (C=O) groups excluding carboxylic acids is 1. The van der Waals surface area contributed by atoms with Crippen molar-refractivity contribution in [2.45, 2.75) is 13.0 Å². The summed E-state index contributed by atoms with van der Waals surface area (Å²) in [4.78, 5) is 23.0. The summed E-state index contributed by atoms with van der Waals surface area (Å²) in [6.07, 6.45) is 3.66. The Labute approximate surface area is 172 Å². The van der Waals surface area contributed by atoms with Gasteiger partial charge in [0, 0.05) is 48.6 Å². The van der Waals surface area contributed by atoms with E-state index in [1.54, 1.807) is 41.6 Å². The molecule has 0 atom stereocenters. The number of halogens is 1. The van der Waals surface area contributed by atoms with Crippen molar-refractivity contribution < 1.29 is 9.90 Å². The predicted octanol–water partition coefficient (Wildman–Crippen LogP) is 3.15. The Morgan fingerprint density at radius 3 is 2.72 bits per heavy atom. The number of phenols is 1. The Morgan fingerprint density at radius 2 is 2.03 bits per heavy atom. The number of nitriles is 1. The molecule has 0 spiro atoms. The number of benzene rings is 1. The molecular weight excluding hydrogens is 390 g/mol. The van der Waals surface area contributed by atoms with Gasteiger partial charge in [-0.2, -0.15) is 5.26 Å². The number of nitrogen functional groups attached to an aromatic ring is 1. The highest BCUT2D eigenvalue weighted by Crippen LogP contribution is 2.38. The van der Waals surface area contributed by atoms with Gasteiger partial charge in [0.05, 0.1) is 10.7 Å². The molecule has 0 unspecified atom stereocenters. The van der Waals surface area contributed by atoms with Crippen molar-refractivity contribution in [3.8, 4) is 22.9 Å². The topological polar surface area (TPSA) is 116 Å². The SMILES string of the molecule is N#Cc1c(N)nc2c(c1-c1ccc(O)c(Cl)c1)CN(C(=O)c1ccncc1)CC2. The van der Waals surface area contributed by atoms with Crippen LogP contribution in [0.3, 0.4) is 0 Å². The van der Waals surface area contributed by atoms with Gasteiger partial charge in [-0.1, -0.05) is 17.7 Å². The number of anilines is 1. The highest BCUT2D eigenvalue weighted by molar-refractivity contribution is 6.32. The molecule has 1 aliphatic heterocycles. The summed E-state index contributed by atoms with van der Waals surface area (Å²) in [5.74, 6) is -0.0401. The van der Waals surface area contributed by atoms with Gasteiger partial charge < -0.3 is 15.7 Å². The number of carbonyl (C=O) groups is 1. The summed E-state index contributed by atoms with van der Waals surface area (Å²) in [7, 11) is 0. The maximum atomic E-state index is 12.9. The first-order valence-electron chi connectivity index (χ1n) is 8.89. The van der Waals surface area contributed by atoms with Crippen molar-refractivity contribution in [3.63, 3.8) is 0 Å². The summed E-state index contributed by atoms with van der Waals surface area (Å²) in [6.45, 7) is 0.772. The first-order chi connectivity index (χ1) is 14.0. The molecule has 0 aliphatic carbocycles. The summed E-state index contributed by atoms with van der Waals surface area (Å²) < 4.78 is 0. The van der Waals surface area contributed by atoms with Crippen molar-refractivity contribution in [2.24, 2.45) is 0 Å². The van der Waals surface area contributed by atoms with E-state index in [0.29, 0.717) is 29.7 Å². The Kier molecular flexibility index (Phi) is 4.79. The van der Waals surface area contributed by atoms with Gasteiger partial charge in [-0.25, -0.2) is 4.98 Å². The molecule has 3 aromatic rings. The molecule has 0 radical (unpaired) electrons. The average molecular weight is 406 g/mol. The van der Waals surface area contributed by atoms with Crippen LogP contribution in [0.25, 0.3) is 11.1 Å².